The Morgan fingerprint density at radius 1 is 1.29 bits per heavy atom. The highest BCUT2D eigenvalue weighted by atomic mass is 32.2. The zero-order valence-electron chi connectivity index (χ0n) is 11.2. The SMILES string of the molecule is CCN(CC)CCSc1nnc(N)n1C(C)C. The van der Waals surface area contributed by atoms with E-state index in [4.69, 9.17) is 5.73 Å². The molecule has 17 heavy (non-hydrogen) atoms. The van der Waals surface area contributed by atoms with Crippen molar-refractivity contribution >= 4 is 17.7 Å². The molecule has 0 saturated carbocycles. The lowest BCUT2D eigenvalue weighted by Gasteiger charge is -2.17. The topological polar surface area (TPSA) is 60.0 Å². The standard InChI is InChI=1S/C11H23N5S/c1-5-15(6-2)7-8-17-11-14-13-10(12)16(11)9(3)4/h9H,5-8H2,1-4H3,(H2,12,13). The molecule has 0 bridgehead atoms. The third-order valence-electron chi connectivity index (χ3n) is 2.74. The Labute approximate surface area is 108 Å². The maximum Gasteiger partial charge on any atom is 0.222 e. The van der Waals surface area contributed by atoms with E-state index in [1.807, 2.05) is 4.57 Å². The minimum Gasteiger partial charge on any atom is -0.368 e. The molecule has 0 saturated heterocycles. The molecule has 1 heterocycles. The van der Waals surface area contributed by atoms with Gasteiger partial charge in [-0.15, -0.1) is 10.2 Å². The van der Waals surface area contributed by atoms with Gasteiger partial charge in [-0.3, -0.25) is 4.57 Å². The van der Waals surface area contributed by atoms with E-state index in [9.17, 15) is 0 Å². The van der Waals surface area contributed by atoms with Crippen LogP contribution < -0.4 is 5.73 Å². The minimum atomic E-state index is 0.306. The molecule has 1 rings (SSSR count). The summed E-state index contributed by atoms with van der Waals surface area (Å²) in [5.41, 5.74) is 5.79. The Balaban J connectivity index is 2.52. The van der Waals surface area contributed by atoms with Crippen LogP contribution in [0.1, 0.15) is 33.7 Å². The van der Waals surface area contributed by atoms with Crippen LogP contribution in [0.2, 0.25) is 0 Å². The number of anilines is 1. The first-order valence-corrected chi connectivity index (χ1v) is 7.14. The van der Waals surface area contributed by atoms with E-state index < -0.39 is 0 Å². The molecule has 0 aliphatic rings. The van der Waals surface area contributed by atoms with Crippen LogP contribution in [0.15, 0.2) is 5.16 Å². The molecule has 0 atom stereocenters. The van der Waals surface area contributed by atoms with Gasteiger partial charge in [0.25, 0.3) is 0 Å². The maximum absolute atomic E-state index is 5.79. The van der Waals surface area contributed by atoms with E-state index in [1.165, 1.54) is 0 Å². The summed E-state index contributed by atoms with van der Waals surface area (Å²) >= 11 is 1.72. The van der Waals surface area contributed by atoms with Crippen molar-refractivity contribution in [1.29, 1.82) is 0 Å². The molecule has 0 aliphatic heterocycles. The third-order valence-corrected chi connectivity index (χ3v) is 3.66. The van der Waals surface area contributed by atoms with E-state index in [0.717, 1.165) is 30.5 Å². The number of hydrogen-bond acceptors (Lipinski definition) is 5. The lowest BCUT2D eigenvalue weighted by atomic mass is 10.4. The van der Waals surface area contributed by atoms with Gasteiger partial charge in [-0.05, 0) is 26.9 Å². The van der Waals surface area contributed by atoms with Gasteiger partial charge in [0.2, 0.25) is 5.95 Å². The fourth-order valence-electron chi connectivity index (χ4n) is 1.68. The fourth-order valence-corrected chi connectivity index (χ4v) is 2.75. The average Bonchev–Trinajstić information content (AvgIpc) is 2.66. The van der Waals surface area contributed by atoms with Crippen LogP contribution in [0.5, 0.6) is 0 Å². The van der Waals surface area contributed by atoms with Gasteiger partial charge in [0.15, 0.2) is 5.16 Å². The number of rotatable bonds is 7. The quantitative estimate of drug-likeness (QED) is 0.756. The molecule has 0 aromatic carbocycles. The van der Waals surface area contributed by atoms with Crippen molar-refractivity contribution < 1.29 is 0 Å². The summed E-state index contributed by atoms with van der Waals surface area (Å²) < 4.78 is 1.98. The Morgan fingerprint density at radius 2 is 1.94 bits per heavy atom. The van der Waals surface area contributed by atoms with E-state index in [2.05, 4.69) is 42.8 Å². The van der Waals surface area contributed by atoms with Crippen molar-refractivity contribution in [2.24, 2.45) is 0 Å². The van der Waals surface area contributed by atoms with Crippen molar-refractivity contribution in [2.75, 3.05) is 31.1 Å². The van der Waals surface area contributed by atoms with E-state index in [-0.39, 0.29) is 0 Å². The second-order valence-corrected chi connectivity index (χ2v) is 5.24. The molecule has 2 N–H and O–H groups in total. The summed E-state index contributed by atoms with van der Waals surface area (Å²) in [4.78, 5) is 2.40. The Kier molecular flexibility index (Phi) is 5.77. The summed E-state index contributed by atoms with van der Waals surface area (Å²) in [6.45, 7) is 11.8. The predicted molar refractivity (Wildman–Crippen MR) is 73.3 cm³/mol. The third kappa shape index (κ3) is 3.89. The first-order valence-electron chi connectivity index (χ1n) is 6.15. The van der Waals surface area contributed by atoms with Crippen molar-refractivity contribution in [3.63, 3.8) is 0 Å². The van der Waals surface area contributed by atoms with Gasteiger partial charge < -0.3 is 10.6 Å². The molecule has 0 fully saturated rings. The van der Waals surface area contributed by atoms with Crippen molar-refractivity contribution in [3.8, 4) is 0 Å². The number of hydrogen-bond donors (Lipinski definition) is 1. The van der Waals surface area contributed by atoms with Gasteiger partial charge in [-0.2, -0.15) is 0 Å². The Hall–Kier alpha value is -0.750. The number of thioether (sulfide) groups is 1. The predicted octanol–water partition coefficient (Wildman–Crippen LogP) is 1.88. The van der Waals surface area contributed by atoms with Crippen molar-refractivity contribution in [3.05, 3.63) is 0 Å². The molecule has 6 heteroatoms. The molecular formula is C11H23N5S. The van der Waals surface area contributed by atoms with Crippen LogP contribution in [-0.2, 0) is 0 Å². The largest absolute Gasteiger partial charge is 0.368 e. The molecular weight excluding hydrogens is 234 g/mol. The summed E-state index contributed by atoms with van der Waals surface area (Å²) in [5, 5.41) is 8.97. The lowest BCUT2D eigenvalue weighted by molar-refractivity contribution is 0.323. The van der Waals surface area contributed by atoms with Gasteiger partial charge in [0.05, 0.1) is 0 Å². The molecule has 0 unspecified atom stereocenters. The van der Waals surface area contributed by atoms with Crippen molar-refractivity contribution in [1.82, 2.24) is 19.7 Å². The van der Waals surface area contributed by atoms with Gasteiger partial charge in [-0.25, -0.2) is 0 Å². The lowest BCUT2D eigenvalue weighted by Crippen LogP contribution is -2.25. The Morgan fingerprint density at radius 3 is 2.47 bits per heavy atom. The molecule has 98 valence electrons. The number of nitrogen functional groups attached to an aromatic ring is 1. The second-order valence-electron chi connectivity index (χ2n) is 4.18. The van der Waals surface area contributed by atoms with Crippen LogP contribution in [0.3, 0.4) is 0 Å². The molecule has 0 aliphatic carbocycles. The summed E-state index contributed by atoms with van der Waals surface area (Å²) in [6.07, 6.45) is 0. The van der Waals surface area contributed by atoms with E-state index in [1.54, 1.807) is 11.8 Å². The van der Waals surface area contributed by atoms with Gasteiger partial charge in [-0.1, -0.05) is 25.6 Å². The van der Waals surface area contributed by atoms with Gasteiger partial charge in [0, 0.05) is 18.3 Å². The zero-order valence-corrected chi connectivity index (χ0v) is 12.0. The van der Waals surface area contributed by atoms with Crippen LogP contribution >= 0.6 is 11.8 Å². The molecule has 1 aromatic heterocycles. The first kappa shape index (κ1) is 14.3. The van der Waals surface area contributed by atoms with Gasteiger partial charge in [0.1, 0.15) is 0 Å². The minimum absolute atomic E-state index is 0.306. The van der Waals surface area contributed by atoms with Crippen LogP contribution in [0.4, 0.5) is 5.95 Å². The highest BCUT2D eigenvalue weighted by Gasteiger charge is 2.12. The van der Waals surface area contributed by atoms with Gasteiger partial charge >= 0.3 is 0 Å². The van der Waals surface area contributed by atoms with Crippen molar-refractivity contribution in [2.45, 2.75) is 38.9 Å². The summed E-state index contributed by atoms with van der Waals surface area (Å²) in [7, 11) is 0. The molecule has 5 nitrogen and oxygen atoms in total. The molecule has 0 amide bonds. The fraction of sp³-hybridized carbons (Fsp3) is 0.818. The highest BCUT2D eigenvalue weighted by Crippen LogP contribution is 2.22. The monoisotopic (exact) mass is 257 g/mol. The maximum atomic E-state index is 5.79. The molecule has 0 spiro atoms. The molecule has 0 radical (unpaired) electrons. The summed E-state index contributed by atoms with van der Waals surface area (Å²) in [5.74, 6) is 1.53. The normalized spacial score (nSPS) is 11.6. The van der Waals surface area contributed by atoms with Crippen LogP contribution in [0.25, 0.3) is 0 Å². The average molecular weight is 257 g/mol. The zero-order chi connectivity index (χ0) is 12.8. The van der Waals surface area contributed by atoms with E-state index >= 15 is 0 Å². The van der Waals surface area contributed by atoms with Crippen LogP contribution in [0, 0.1) is 0 Å². The highest BCUT2D eigenvalue weighted by molar-refractivity contribution is 7.99. The number of aromatic nitrogens is 3. The Bertz CT molecular complexity index is 333. The number of nitrogens with zero attached hydrogens (tertiary/aromatic N) is 4. The smallest absolute Gasteiger partial charge is 0.222 e. The second kappa shape index (κ2) is 6.86. The summed E-state index contributed by atoms with van der Waals surface area (Å²) in [6, 6.07) is 0.306. The first-order chi connectivity index (χ1) is 8.10. The molecule has 1 aromatic rings. The van der Waals surface area contributed by atoms with Crippen LogP contribution in [-0.4, -0.2) is 45.1 Å². The number of nitrogens with two attached hydrogens (primary N) is 1. The van der Waals surface area contributed by atoms with E-state index in [0.29, 0.717) is 12.0 Å².